The largest absolute Gasteiger partial charge is 0.348 e. The van der Waals surface area contributed by atoms with E-state index in [2.05, 4.69) is 0 Å². The second-order valence-electron chi connectivity index (χ2n) is 4.97. The Morgan fingerprint density at radius 2 is 1.04 bits per heavy atom. The first-order valence-electron chi connectivity index (χ1n) is 8.34. The van der Waals surface area contributed by atoms with E-state index >= 15 is 0 Å². The molecule has 0 atom stereocenters. The molecule has 0 spiro atoms. The lowest BCUT2D eigenvalue weighted by Crippen LogP contribution is -2.16. The van der Waals surface area contributed by atoms with Gasteiger partial charge < -0.3 is 18.9 Å². The molecule has 0 fully saturated rings. The number of nitrogens with zero attached hydrogens (tertiary/aromatic N) is 2. The van der Waals surface area contributed by atoms with Crippen LogP contribution in [0.15, 0.2) is 12.1 Å². The summed E-state index contributed by atoms with van der Waals surface area (Å²) in [5, 5.41) is 22.9. The summed E-state index contributed by atoms with van der Waals surface area (Å²) < 4.78 is 21.7. The van der Waals surface area contributed by atoms with E-state index in [4.69, 9.17) is 18.9 Å². The lowest BCUT2D eigenvalue weighted by atomic mass is 10.0. The third kappa shape index (κ3) is 5.43. The lowest BCUT2D eigenvalue weighted by Gasteiger charge is -2.21. The van der Waals surface area contributed by atoms with E-state index in [0.717, 1.165) is 6.07 Å². The van der Waals surface area contributed by atoms with Gasteiger partial charge in [-0.15, -0.1) is 0 Å². The van der Waals surface area contributed by atoms with Crippen LogP contribution in [0.3, 0.4) is 0 Å². The summed E-state index contributed by atoms with van der Waals surface area (Å²) in [4.78, 5) is 21.5. The van der Waals surface area contributed by atoms with E-state index in [-0.39, 0.29) is 37.6 Å². The molecule has 0 saturated heterocycles. The SMILES string of the molecule is CCOC(OCC)c1cc(C(OCC)OCC)c([N+](=O)[O-])cc1[N+](=O)[O-]. The Hall–Kier alpha value is -2.14. The molecule has 26 heavy (non-hydrogen) atoms. The van der Waals surface area contributed by atoms with Crippen molar-refractivity contribution in [2.45, 2.75) is 40.3 Å². The van der Waals surface area contributed by atoms with Crippen LogP contribution in [0.2, 0.25) is 0 Å². The van der Waals surface area contributed by atoms with E-state index in [9.17, 15) is 20.2 Å². The molecule has 10 nitrogen and oxygen atoms in total. The van der Waals surface area contributed by atoms with Gasteiger partial charge in [0, 0.05) is 26.4 Å². The van der Waals surface area contributed by atoms with Crippen molar-refractivity contribution in [1.82, 2.24) is 0 Å². The zero-order valence-electron chi connectivity index (χ0n) is 15.3. The van der Waals surface area contributed by atoms with Crippen molar-refractivity contribution in [1.29, 1.82) is 0 Å². The molecular weight excluding hydrogens is 348 g/mol. The van der Waals surface area contributed by atoms with Gasteiger partial charge in [-0.2, -0.15) is 0 Å². The van der Waals surface area contributed by atoms with Crippen molar-refractivity contribution < 1.29 is 28.8 Å². The summed E-state index contributed by atoms with van der Waals surface area (Å²) >= 11 is 0. The minimum Gasteiger partial charge on any atom is -0.348 e. The minimum absolute atomic E-state index is 0.0729. The molecule has 0 saturated carbocycles. The number of benzene rings is 1. The van der Waals surface area contributed by atoms with Crippen LogP contribution in [-0.2, 0) is 18.9 Å². The van der Waals surface area contributed by atoms with Crippen LogP contribution >= 0.6 is 0 Å². The summed E-state index contributed by atoms with van der Waals surface area (Å²) in [5.41, 5.74) is -0.773. The molecule has 0 radical (unpaired) electrons. The molecule has 0 amide bonds. The third-order valence-electron chi connectivity index (χ3n) is 3.35. The molecule has 0 aliphatic rings. The highest BCUT2D eigenvalue weighted by molar-refractivity contribution is 5.55. The van der Waals surface area contributed by atoms with Crippen LogP contribution in [0.25, 0.3) is 0 Å². The Kier molecular flexibility index (Phi) is 9.07. The fraction of sp³-hybridized carbons (Fsp3) is 0.625. The molecule has 1 aromatic rings. The maximum absolute atomic E-state index is 11.5. The second kappa shape index (κ2) is 10.8. The molecule has 1 aromatic carbocycles. The van der Waals surface area contributed by atoms with Gasteiger partial charge >= 0.3 is 0 Å². The molecule has 0 aliphatic heterocycles. The van der Waals surface area contributed by atoms with Gasteiger partial charge in [0.2, 0.25) is 0 Å². The normalized spacial score (nSPS) is 11.3. The fourth-order valence-corrected chi connectivity index (χ4v) is 2.37. The van der Waals surface area contributed by atoms with E-state index in [1.807, 2.05) is 0 Å². The molecule has 0 aromatic heterocycles. The van der Waals surface area contributed by atoms with Crippen molar-refractivity contribution in [2.75, 3.05) is 26.4 Å². The van der Waals surface area contributed by atoms with Crippen LogP contribution < -0.4 is 0 Å². The summed E-state index contributed by atoms with van der Waals surface area (Å²) in [7, 11) is 0. The summed E-state index contributed by atoms with van der Waals surface area (Å²) in [6.07, 6.45) is -2.07. The summed E-state index contributed by atoms with van der Waals surface area (Å²) in [5.74, 6) is 0. The molecule has 146 valence electrons. The number of rotatable bonds is 12. The first-order chi connectivity index (χ1) is 12.4. The van der Waals surface area contributed by atoms with Crippen LogP contribution in [0, 0.1) is 20.2 Å². The zero-order valence-corrected chi connectivity index (χ0v) is 15.3. The standard InChI is InChI=1S/C16H24N2O8/c1-5-23-15(24-6-2)11-9-12(16(25-7-3)26-8-4)14(18(21)22)10-13(11)17(19)20/h9-10,15-16H,5-8H2,1-4H3. The Morgan fingerprint density at radius 1 is 0.731 bits per heavy atom. The van der Waals surface area contributed by atoms with Crippen LogP contribution in [-0.4, -0.2) is 36.3 Å². The van der Waals surface area contributed by atoms with Crippen LogP contribution in [0.4, 0.5) is 11.4 Å². The van der Waals surface area contributed by atoms with Crippen molar-refractivity contribution in [2.24, 2.45) is 0 Å². The third-order valence-corrected chi connectivity index (χ3v) is 3.35. The predicted molar refractivity (Wildman–Crippen MR) is 91.7 cm³/mol. The van der Waals surface area contributed by atoms with Crippen molar-refractivity contribution >= 4 is 11.4 Å². The number of hydrogen-bond donors (Lipinski definition) is 0. The zero-order chi connectivity index (χ0) is 19.7. The Bertz CT molecular complexity index is 561. The molecular formula is C16H24N2O8. The Balaban J connectivity index is 3.63. The van der Waals surface area contributed by atoms with Crippen LogP contribution in [0.1, 0.15) is 51.4 Å². The van der Waals surface area contributed by atoms with Gasteiger partial charge in [-0.25, -0.2) is 0 Å². The van der Waals surface area contributed by atoms with Crippen molar-refractivity contribution in [3.05, 3.63) is 43.5 Å². The topological polar surface area (TPSA) is 123 Å². The maximum atomic E-state index is 11.5. The fourth-order valence-electron chi connectivity index (χ4n) is 2.37. The summed E-state index contributed by atoms with van der Waals surface area (Å²) in [6, 6.07) is 2.18. The first-order valence-corrected chi connectivity index (χ1v) is 8.34. The average Bonchev–Trinajstić information content (AvgIpc) is 2.60. The van der Waals surface area contributed by atoms with Gasteiger partial charge in [0.1, 0.15) is 0 Å². The predicted octanol–water partition coefficient (Wildman–Crippen LogP) is 3.65. The maximum Gasteiger partial charge on any atom is 0.284 e. The molecule has 0 unspecified atom stereocenters. The quantitative estimate of drug-likeness (QED) is 0.309. The average molecular weight is 372 g/mol. The molecule has 0 bridgehead atoms. The highest BCUT2D eigenvalue weighted by Gasteiger charge is 2.33. The Labute approximate surface area is 151 Å². The van der Waals surface area contributed by atoms with E-state index in [1.54, 1.807) is 27.7 Å². The number of ether oxygens (including phenoxy) is 4. The smallest absolute Gasteiger partial charge is 0.284 e. The Morgan fingerprint density at radius 3 is 1.27 bits per heavy atom. The molecule has 1 rings (SSSR count). The summed E-state index contributed by atoms with van der Waals surface area (Å²) in [6.45, 7) is 7.84. The minimum atomic E-state index is -1.03. The van der Waals surface area contributed by atoms with Gasteiger partial charge in [0.25, 0.3) is 11.4 Å². The van der Waals surface area contributed by atoms with E-state index in [0.29, 0.717) is 0 Å². The number of hydrogen-bond acceptors (Lipinski definition) is 8. The molecule has 0 N–H and O–H groups in total. The highest BCUT2D eigenvalue weighted by Crippen LogP contribution is 2.38. The van der Waals surface area contributed by atoms with Gasteiger partial charge in [-0.05, 0) is 33.8 Å². The van der Waals surface area contributed by atoms with Gasteiger partial charge in [0.05, 0.1) is 27.0 Å². The van der Waals surface area contributed by atoms with E-state index in [1.165, 1.54) is 6.07 Å². The van der Waals surface area contributed by atoms with E-state index < -0.39 is 33.8 Å². The lowest BCUT2D eigenvalue weighted by molar-refractivity contribution is -0.396. The van der Waals surface area contributed by atoms with Gasteiger partial charge in [-0.1, -0.05) is 0 Å². The van der Waals surface area contributed by atoms with Crippen molar-refractivity contribution in [3.8, 4) is 0 Å². The first kappa shape index (κ1) is 21.9. The van der Waals surface area contributed by atoms with Crippen molar-refractivity contribution in [3.63, 3.8) is 0 Å². The monoisotopic (exact) mass is 372 g/mol. The molecule has 0 aliphatic carbocycles. The molecule has 0 heterocycles. The van der Waals surface area contributed by atoms with Gasteiger partial charge in [-0.3, -0.25) is 20.2 Å². The van der Waals surface area contributed by atoms with Gasteiger partial charge in [0.15, 0.2) is 12.6 Å². The second-order valence-corrected chi connectivity index (χ2v) is 4.97. The molecule has 10 heteroatoms. The number of nitro groups is 2. The highest BCUT2D eigenvalue weighted by atomic mass is 16.7. The van der Waals surface area contributed by atoms with Crippen LogP contribution in [0.5, 0.6) is 0 Å². The number of nitro benzene ring substituents is 2.